The number of nitrogens with zero attached hydrogens (tertiary/aromatic N) is 1. The van der Waals surface area contributed by atoms with E-state index in [4.69, 9.17) is 4.74 Å². The zero-order chi connectivity index (χ0) is 13.9. The SMILES string of the molecule is C[C@H]1OCC[C@H]1NCc1ccnc(SC(C)(C)C)c1. The molecule has 0 bridgehead atoms. The molecule has 106 valence electrons. The van der Waals surface area contributed by atoms with Gasteiger partial charge in [0.1, 0.15) is 0 Å². The van der Waals surface area contributed by atoms with E-state index in [1.807, 2.05) is 18.0 Å². The zero-order valence-electron chi connectivity index (χ0n) is 12.3. The first-order valence-electron chi connectivity index (χ1n) is 6.93. The highest BCUT2D eigenvalue weighted by molar-refractivity contribution is 8.00. The van der Waals surface area contributed by atoms with Gasteiger partial charge in [-0.1, -0.05) is 20.8 Å². The van der Waals surface area contributed by atoms with Crippen molar-refractivity contribution < 1.29 is 4.74 Å². The van der Waals surface area contributed by atoms with Crippen molar-refractivity contribution >= 4 is 11.8 Å². The first-order chi connectivity index (χ1) is 8.94. The fourth-order valence-electron chi connectivity index (χ4n) is 2.18. The van der Waals surface area contributed by atoms with E-state index in [0.29, 0.717) is 12.1 Å². The Labute approximate surface area is 120 Å². The summed E-state index contributed by atoms with van der Waals surface area (Å²) in [6, 6.07) is 4.75. The molecule has 1 aromatic rings. The van der Waals surface area contributed by atoms with Crippen molar-refractivity contribution in [2.45, 2.75) is 62.6 Å². The van der Waals surface area contributed by atoms with Crippen LogP contribution < -0.4 is 5.32 Å². The maximum absolute atomic E-state index is 5.56. The van der Waals surface area contributed by atoms with E-state index in [2.05, 4.69) is 50.1 Å². The molecule has 1 aliphatic rings. The summed E-state index contributed by atoms with van der Waals surface area (Å²) in [4.78, 5) is 4.43. The van der Waals surface area contributed by atoms with Crippen LogP contribution in [0.1, 0.15) is 39.7 Å². The van der Waals surface area contributed by atoms with Gasteiger partial charge in [-0.3, -0.25) is 0 Å². The Morgan fingerprint density at radius 1 is 1.47 bits per heavy atom. The number of hydrogen-bond acceptors (Lipinski definition) is 4. The Kier molecular flexibility index (Phi) is 4.87. The van der Waals surface area contributed by atoms with Gasteiger partial charge in [0.05, 0.1) is 11.1 Å². The second-order valence-electron chi connectivity index (χ2n) is 6.07. The minimum absolute atomic E-state index is 0.201. The molecule has 2 heterocycles. The minimum atomic E-state index is 0.201. The number of hydrogen-bond donors (Lipinski definition) is 1. The normalized spacial score (nSPS) is 23.8. The first-order valence-corrected chi connectivity index (χ1v) is 7.75. The highest BCUT2D eigenvalue weighted by atomic mass is 32.2. The van der Waals surface area contributed by atoms with Gasteiger partial charge < -0.3 is 10.1 Å². The van der Waals surface area contributed by atoms with Crippen LogP contribution in [-0.2, 0) is 11.3 Å². The molecule has 1 fully saturated rings. The Hall–Kier alpha value is -0.580. The molecule has 2 atom stereocenters. The molecule has 0 radical (unpaired) electrons. The highest BCUT2D eigenvalue weighted by Crippen LogP contribution is 2.30. The van der Waals surface area contributed by atoms with Gasteiger partial charge in [-0.05, 0) is 31.0 Å². The number of nitrogens with one attached hydrogen (secondary N) is 1. The van der Waals surface area contributed by atoms with E-state index in [0.717, 1.165) is 24.6 Å². The van der Waals surface area contributed by atoms with Crippen molar-refractivity contribution in [1.29, 1.82) is 0 Å². The summed E-state index contributed by atoms with van der Waals surface area (Å²) in [5.74, 6) is 0. The molecule has 2 rings (SSSR count). The number of thioether (sulfide) groups is 1. The molecule has 0 aromatic carbocycles. The van der Waals surface area contributed by atoms with E-state index in [9.17, 15) is 0 Å². The van der Waals surface area contributed by atoms with E-state index in [1.165, 1.54) is 5.56 Å². The third-order valence-electron chi connectivity index (χ3n) is 3.15. The van der Waals surface area contributed by atoms with Crippen LogP contribution in [0.25, 0.3) is 0 Å². The molecule has 3 nitrogen and oxygen atoms in total. The van der Waals surface area contributed by atoms with Gasteiger partial charge in [-0.15, -0.1) is 11.8 Å². The Balaban J connectivity index is 1.91. The fourth-order valence-corrected chi connectivity index (χ4v) is 3.13. The van der Waals surface area contributed by atoms with Crippen molar-refractivity contribution in [2.75, 3.05) is 6.61 Å². The number of ether oxygens (including phenoxy) is 1. The van der Waals surface area contributed by atoms with E-state index < -0.39 is 0 Å². The van der Waals surface area contributed by atoms with Crippen LogP contribution in [0, 0.1) is 0 Å². The molecule has 1 aliphatic heterocycles. The average Bonchev–Trinajstić information content (AvgIpc) is 2.70. The molecule has 0 aliphatic carbocycles. The summed E-state index contributed by atoms with van der Waals surface area (Å²) in [6.07, 6.45) is 3.33. The molecular formula is C15H24N2OS. The monoisotopic (exact) mass is 280 g/mol. The smallest absolute Gasteiger partial charge is 0.0968 e. The molecule has 1 saturated heterocycles. The summed E-state index contributed by atoms with van der Waals surface area (Å²) in [5, 5.41) is 4.68. The standard InChI is InChI=1S/C15H24N2OS/c1-11-13(6-8-18-11)17-10-12-5-7-16-14(9-12)19-15(2,3)4/h5,7,9,11,13,17H,6,8,10H2,1-4H3/t11-,13-/m1/s1. The second kappa shape index (κ2) is 6.25. The molecular weight excluding hydrogens is 256 g/mol. The topological polar surface area (TPSA) is 34.1 Å². The lowest BCUT2D eigenvalue weighted by atomic mass is 10.1. The van der Waals surface area contributed by atoms with Crippen molar-refractivity contribution in [1.82, 2.24) is 10.3 Å². The van der Waals surface area contributed by atoms with Crippen molar-refractivity contribution in [3.8, 4) is 0 Å². The minimum Gasteiger partial charge on any atom is -0.377 e. The molecule has 1 N–H and O–H groups in total. The maximum atomic E-state index is 5.56. The van der Waals surface area contributed by atoms with Gasteiger partial charge in [0.2, 0.25) is 0 Å². The van der Waals surface area contributed by atoms with Crippen LogP contribution in [0.5, 0.6) is 0 Å². The Morgan fingerprint density at radius 3 is 2.89 bits per heavy atom. The predicted molar refractivity (Wildman–Crippen MR) is 80.5 cm³/mol. The zero-order valence-corrected chi connectivity index (χ0v) is 13.1. The average molecular weight is 280 g/mol. The van der Waals surface area contributed by atoms with Crippen LogP contribution in [0.2, 0.25) is 0 Å². The van der Waals surface area contributed by atoms with Crippen molar-refractivity contribution in [2.24, 2.45) is 0 Å². The largest absolute Gasteiger partial charge is 0.377 e. The second-order valence-corrected chi connectivity index (χ2v) is 7.92. The van der Waals surface area contributed by atoms with Gasteiger partial charge in [-0.2, -0.15) is 0 Å². The molecule has 4 heteroatoms. The summed E-state index contributed by atoms with van der Waals surface area (Å²) in [6.45, 7) is 10.5. The third kappa shape index (κ3) is 4.79. The number of rotatable bonds is 4. The summed E-state index contributed by atoms with van der Waals surface area (Å²) in [7, 11) is 0. The predicted octanol–water partition coefficient (Wildman–Crippen LogP) is 3.24. The van der Waals surface area contributed by atoms with Gasteiger partial charge in [0.15, 0.2) is 0 Å². The quantitative estimate of drug-likeness (QED) is 0.859. The van der Waals surface area contributed by atoms with Gasteiger partial charge in [0, 0.05) is 30.1 Å². The fraction of sp³-hybridized carbons (Fsp3) is 0.667. The first kappa shape index (κ1) is 14.8. The van der Waals surface area contributed by atoms with E-state index in [-0.39, 0.29) is 4.75 Å². The molecule has 19 heavy (non-hydrogen) atoms. The van der Waals surface area contributed by atoms with Gasteiger partial charge in [0.25, 0.3) is 0 Å². The van der Waals surface area contributed by atoms with Gasteiger partial charge in [-0.25, -0.2) is 4.98 Å². The summed E-state index contributed by atoms with van der Waals surface area (Å²) in [5.41, 5.74) is 1.29. The summed E-state index contributed by atoms with van der Waals surface area (Å²) < 4.78 is 5.77. The number of aromatic nitrogens is 1. The Bertz CT molecular complexity index is 417. The van der Waals surface area contributed by atoms with Gasteiger partial charge >= 0.3 is 0 Å². The van der Waals surface area contributed by atoms with Crippen LogP contribution >= 0.6 is 11.8 Å². The lowest BCUT2D eigenvalue weighted by Gasteiger charge is -2.18. The Morgan fingerprint density at radius 2 is 2.26 bits per heavy atom. The van der Waals surface area contributed by atoms with E-state index >= 15 is 0 Å². The van der Waals surface area contributed by atoms with Crippen LogP contribution in [-0.4, -0.2) is 28.5 Å². The van der Waals surface area contributed by atoms with E-state index in [1.54, 1.807) is 0 Å². The summed E-state index contributed by atoms with van der Waals surface area (Å²) >= 11 is 1.81. The molecule has 0 unspecified atom stereocenters. The lowest BCUT2D eigenvalue weighted by molar-refractivity contribution is 0.113. The molecule has 0 amide bonds. The van der Waals surface area contributed by atoms with Crippen LogP contribution in [0.4, 0.5) is 0 Å². The molecule has 0 spiro atoms. The molecule has 0 saturated carbocycles. The maximum Gasteiger partial charge on any atom is 0.0968 e. The number of pyridine rings is 1. The van der Waals surface area contributed by atoms with Crippen molar-refractivity contribution in [3.63, 3.8) is 0 Å². The van der Waals surface area contributed by atoms with Crippen molar-refractivity contribution in [3.05, 3.63) is 23.9 Å². The highest BCUT2D eigenvalue weighted by Gasteiger charge is 2.23. The van der Waals surface area contributed by atoms with Crippen LogP contribution in [0.3, 0.4) is 0 Å². The lowest BCUT2D eigenvalue weighted by Crippen LogP contribution is -2.34. The third-order valence-corrected chi connectivity index (χ3v) is 4.20. The molecule has 1 aromatic heterocycles. The van der Waals surface area contributed by atoms with Crippen LogP contribution in [0.15, 0.2) is 23.4 Å².